The molecule has 0 saturated heterocycles. The molecule has 0 spiro atoms. The van der Waals surface area contributed by atoms with Crippen LogP contribution in [0.3, 0.4) is 0 Å². The first-order chi connectivity index (χ1) is 15.3. The van der Waals surface area contributed by atoms with Crippen molar-refractivity contribution in [3.8, 4) is 5.75 Å². The number of ether oxygens (including phenoxy) is 1. The number of carbonyl (C=O) groups excluding carboxylic acids is 2. The average Bonchev–Trinajstić information content (AvgIpc) is 2.76. The van der Waals surface area contributed by atoms with E-state index in [0.717, 1.165) is 29.5 Å². The molecule has 0 unspecified atom stereocenters. The molecular formula is C26H33FN2O3. The third kappa shape index (κ3) is 5.67. The quantitative estimate of drug-likeness (QED) is 0.651. The van der Waals surface area contributed by atoms with Crippen LogP contribution in [0, 0.1) is 11.7 Å². The second-order valence-corrected chi connectivity index (χ2v) is 8.80. The normalized spacial score (nSPS) is 16.4. The number of hydrogen-bond donors (Lipinski definition) is 1. The van der Waals surface area contributed by atoms with Gasteiger partial charge in [-0.2, -0.15) is 0 Å². The SMILES string of the molecule is CCCNC(=O)[C@H](C)Oc1ccc2c(c1)[C@@H](c1ccc(F)cc1)N(C(=O)CC(C)C)CC2. The van der Waals surface area contributed by atoms with Crippen molar-refractivity contribution < 1.29 is 18.7 Å². The van der Waals surface area contributed by atoms with Crippen LogP contribution in [0.1, 0.15) is 63.3 Å². The van der Waals surface area contributed by atoms with E-state index in [1.54, 1.807) is 19.1 Å². The van der Waals surface area contributed by atoms with Gasteiger partial charge in [-0.05, 0) is 66.6 Å². The number of amides is 2. The number of nitrogens with zero attached hydrogens (tertiary/aromatic N) is 1. The van der Waals surface area contributed by atoms with Crippen molar-refractivity contribution in [3.63, 3.8) is 0 Å². The third-order valence-electron chi connectivity index (χ3n) is 5.67. The molecule has 1 N–H and O–H groups in total. The summed E-state index contributed by atoms with van der Waals surface area (Å²) in [7, 11) is 0. The number of halogens is 1. The molecule has 172 valence electrons. The number of hydrogen-bond acceptors (Lipinski definition) is 3. The summed E-state index contributed by atoms with van der Waals surface area (Å²) in [4.78, 5) is 27.2. The van der Waals surface area contributed by atoms with Gasteiger partial charge in [0.15, 0.2) is 6.10 Å². The van der Waals surface area contributed by atoms with Crippen molar-refractivity contribution in [2.45, 2.75) is 59.1 Å². The van der Waals surface area contributed by atoms with Gasteiger partial charge in [0, 0.05) is 19.5 Å². The first kappa shape index (κ1) is 23.8. The van der Waals surface area contributed by atoms with Gasteiger partial charge in [-0.15, -0.1) is 0 Å². The molecule has 32 heavy (non-hydrogen) atoms. The topological polar surface area (TPSA) is 58.6 Å². The Balaban J connectivity index is 1.94. The van der Waals surface area contributed by atoms with Crippen LogP contribution < -0.4 is 10.1 Å². The van der Waals surface area contributed by atoms with Crippen LogP contribution in [0.2, 0.25) is 0 Å². The monoisotopic (exact) mass is 440 g/mol. The molecule has 5 nitrogen and oxygen atoms in total. The Morgan fingerprint density at radius 2 is 1.88 bits per heavy atom. The average molecular weight is 441 g/mol. The maximum Gasteiger partial charge on any atom is 0.260 e. The van der Waals surface area contributed by atoms with Crippen molar-refractivity contribution in [2.75, 3.05) is 13.1 Å². The van der Waals surface area contributed by atoms with E-state index in [2.05, 4.69) is 5.32 Å². The zero-order valence-electron chi connectivity index (χ0n) is 19.4. The van der Waals surface area contributed by atoms with E-state index in [9.17, 15) is 14.0 Å². The number of benzene rings is 2. The smallest absolute Gasteiger partial charge is 0.260 e. The van der Waals surface area contributed by atoms with E-state index in [0.29, 0.717) is 25.3 Å². The molecule has 2 aromatic carbocycles. The zero-order chi connectivity index (χ0) is 23.3. The van der Waals surface area contributed by atoms with E-state index in [1.165, 1.54) is 12.1 Å². The molecule has 1 aliphatic rings. The molecule has 2 amide bonds. The van der Waals surface area contributed by atoms with Crippen LogP contribution in [-0.2, 0) is 16.0 Å². The highest BCUT2D eigenvalue weighted by molar-refractivity contribution is 5.80. The lowest BCUT2D eigenvalue weighted by molar-refractivity contribution is -0.134. The Hall–Kier alpha value is -2.89. The van der Waals surface area contributed by atoms with E-state index in [4.69, 9.17) is 4.74 Å². The minimum absolute atomic E-state index is 0.0820. The van der Waals surface area contributed by atoms with Crippen molar-refractivity contribution in [2.24, 2.45) is 5.92 Å². The Morgan fingerprint density at radius 1 is 1.16 bits per heavy atom. The van der Waals surface area contributed by atoms with Crippen molar-refractivity contribution in [1.29, 1.82) is 0 Å². The Labute approximate surface area is 190 Å². The molecule has 0 radical (unpaired) electrons. The van der Waals surface area contributed by atoms with Gasteiger partial charge in [-0.25, -0.2) is 4.39 Å². The maximum absolute atomic E-state index is 13.6. The number of carbonyl (C=O) groups is 2. The molecule has 0 fully saturated rings. The predicted molar refractivity (Wildman–Crippen MR) is 123 cm³/mol. The number of rotatable bonds is 8. The molecule has 0 saturated carbocycles. The first-order valence-corrected chi connectivity index (χ1v) is 11.4. The molecule has 3 rings (SSSR count). The maximum atomic E-state index is 13.6. The molecule has 0 aliphatic carbocycles. The highest BCUT2D eigenvalue weighted by Crippen LogP contribution is 2.38. The fourth-order valence-corrected chi connectivity index (χ4v) is 4.06. The highest BCUT2D eigenvalue weighted by atomic mass is 19.1. The molecule has 1 heterocycles. The minimum Gasteiger partial charge on any atom is -0.481 e. The molecule has 6 heteroatoms. The lowest BCUT2D eigenvalue weighted by Crippen LogP contribution is -2.41. The van der Waals surface area contributed by atoms with Crippen LogP contribution >= 0.6 is 0 Å². The summed E-state index contributed by atoms with van der Waals surface area (Å²) in [6.07, 6.45) is 1.42. The summed E-state index contributed by atoms with van der Waals surface area (Å²) in [5.41, 5.74) is 2.94. The predicted octanol–water partition coefficient (Wildman–Crippen LogP) is 4.64. The Kier molecular flexibility index (Phi) is 7.89. The fraction of sp³-hybridized carbons (Fsp3) is 0.462. The summed E-state index contributed by atoms with van der Waals surface area (Å²) in [5, 5.41) is 2.84. The van der Waals surface area contributed by atoms with Crippen molar-refractivity contribution in [1.82, 2.24) is 10.2 Å². The van der Waals surface area contributed by atoms with Crippen LogP contribution in [0.25, 0.3) is 0 Å². The second kappa shape index (κ2) is 10.6. The van der Waals surface area contributed by atoms with Crippen molar-refractivity contribution in [3.05, 3.63) is 65.0 Å². The summed E-state index contributed by atoms with van der Waals surface area (Å²) in [5.74, 6) is 0.434. The van der Waals surface area contributed by atoms with Gasteiger partial charge in [0.05, 0.1) is 6.04 Å². The molecule has 2 aromatic rings. The first-order valence-electron chi connectivity index (χ1n) is 11.4. The molecular weight excluding hydrogens is 407 g/mol. The van der Waals surface area contributed by atoms with Crippen LogP contribution in [0.4, 0.5) is 4.39 Å². The van der Waals surface area contributed by atoms with Gasteiger partial charge in [0.2, 0.25) is 5.91 Å². The van der Waals surface area contributed by atoms with Crippen LogP contribution in [0.5, 0.6) is 5.75 Å². The zero-order valence-corrected chi connectivity index (χ0v) is 19.4. The molecule has 1 aliphatic heterocycles. The lowest BCUT2D eigenvalue weighted by Gasteiger charge is -2.38. The van der Waals surface area contributed by atoms with Crippen molar-refractivity contribution >= 4 is 11.8 Å². The largest absolute Gasteiger partial charge is 0.481 e. The molecule has 0 aromatic heterocycles. The summed E-state index contributed by atoms with van der Waals surface area (Å²) >= 11 is 0. The summed E-state index contributed by atoms with van der Waals surface area (Å²) < 4.78 is 19.5. The van der Waals surface area contributed by atoms with E-state index >= 15 is 0 Å². The van der Waals surface area contributed by atoms with E-state index in [1.807, 2.05) is 43.9 Å². The number of fused-ring (bicyclic) bond motifs is 1. The molecule has 2 atom stereocenters. The lowest BCUT2D eigenvalue weighted by atomic mass is 9.87. The fourth-order valence-electron chi connectivity index (χ4n) is 4.06. The van der Waals surface area contributed by atoms with E-state index in [-0.39, 0.29) is 29.6 Å². The van der Waals surface area contributed by atoms with Gasteiger partial charge >= 0.3 is 0 Å². The van der Waals surface area contributed by atoms with Gasteiger partial charge in [-0.1, -0.05) is 39.0 Å². The third-order valence-corrected chi connectivity index (χ3v) is 5.67. The summed E-state index contributed by atoms with van der Waals surface area (Å²) in [6.45, 7) is 8.99. The standard InChI is InChI=1S/C26H33FN2O3/c1-5-13-28-26(31)18(4)32-22-11-8-19-12-14-29(24(30)15-17(2)3)25(23(19)16-22)20-6-9-21(27)10-7-20/h6-11,16-18,25H,5,12-15H2,1-4H3,(H,28,31)/t18-,25+/m0/s1. The minimum atomic E-state index is -0.633. The Morgan fingerprint density at radius 3 is 2.53 bits per heavy atom. The van der Waals surface area contributed by atoms with Crippen LogP contribution in [0.15, 0.2) is 42.5 Å². The Bertz CT molecular complexity index is 943. The van der Waals surface area contributed by atoms with Crippen LogP contribution in [-0.4, -0.2) is 35.9 Å². The van der Waals surface area contributed by atoms with Gasteiger partial charge in [-0.3, -0.25) is 9.59 Å². The van der Waals surface area contributed by atoms with Gasteiger partial charge in [0.1, 0.15) is 11.6 Å². The number of nitrogens with one attached hydrogen (secondary N) is 1. The van der Waals surface area contributed by atoms with Gasteiger partial charge < -0.3 is 15.0 Å². The summed E-state index contributed by atoms with van der Waals surface area (Å²) in [6, 6.07) is 11.8. The second-order valence-electron chi connectivity index (χ2n) is 8.80. The molecule has 0 bridgehead atoms. The highest BCUT2D eigenvalue weighted by Gasteiger charge is 2.32. The van der Waals surface area contributed by atoms with E-state index < -0.39 is 6.10 Å². The van der Waals surface area contributed by atoms with Gasteiger partial charge in [0.25, 0.3) is 5.91 Å².